The lowest BCUT2D eigenvalue weighted by Crippen LogP contribution is -2.71. The fourth-order valence-electron chi connectivity index (χ4n) is 7.09. The van der Waals surface area contributed by atoms with Crippen LogP contribution >= 0.6 is 0 Å². The summed E-state index contributed by atoms with van der Waals surface area (Å²) in [5.74, 6) is 3.30. The lowest BCUT2D eigenvalue weighted by atomic mass is 9.57. The van der Waals surface area contributed by atoms with Crippen molar-refractivity contribution < 1.29 is 18.3 Å². The minimum atomic E-state index is -2.92. The summed E-state index contributed by atoms with van der Waals surface area (Å²) in [6.07, 6.45) is 7.79. The van der Waals surface area contributed by atoms with E-state index >= 15 is 0 Å². The lowest BCUT2D eigenvalue weighted by Gasteiger charge is -2.63. The molecule has 2 aromatic rings. The van der Waals surface area contributed by atoms with Crippen LogP contribution in [-0.4, -0.2) is 68.4 Å². The van der Waals surface area contributed by atoms with Crippen molar-refractivity contribution in [1.82, 2.24) is 29.5 Å². The fourth-order valence-corrected chi connectivity index (χ4v) is 7.09. The molecule has 2 saturated heterocycles. The third-order valence-electron chi connectivity index (χ3n) is 8.93. The quantitative estimate of drug-likeness (QED) is 0.658. The van der Waals surface area contributed by atoms with E-state index in [4.69, 9.17) is 4.98 Å². The Balaban J connectivity index is 0.854. The van der Waals surface area contributed by atoms with Crippen LogP contribution in [0.2, 0.25) is 0 Å². The Labute approximate surface area is 206 Å². The Morgan fingerprint density at radius 2 is 1.72 bits per heavy atom. The SMILES string of the molecule is O=C(N1CC2(CC(Cn3cc(OC(F)F)ccc3=O)C2)C1)N1CC2(CC(c3n[nH]c(C4CC4)n3)C2)C1. The third kappa shape index (κ3) is 3.78. The van der Waals surface area contributed by atoms with Crippen molar-refractivity contribution in [2.24, 2.45) is 16.7 Å². The maximum absolute atomic E-state index is 12.9. The number of hydrogen-bond acceptors (Lipinski definition) is 5. The molecular weight excluding hydrogens is 470 g/mol. The minimum Gasteiger partial charge on any atom is -0.433 e. The number of urea groups is 1. The van der Waals surface area contributed by atoms with Crippen LogP contribution < -0.4 is 10.3 Å². The number of hydrogen-bond donors (Lipinski definition) is 1. The molecular formula is C25H30F2N6O3. The summed E-state index contributed by atoms with van der Waals surface area (Å²) >= 11 is 0. The van der Waals surface area contributed by atoms with Gasteiger partial charge in [0.15, 0.2) is 5.82 Å². The molecule has 5 aliphatic rings. The van der Waals surface area contributed by atoms with Gasteiger partial charge in [0.25, 0.3) is 5.56 Å². The first-order valence-corrected chi connectivity index (χ1v) is 12.9. The summed E-state index contributed by atoms with van der Waals surface area (Å²) in [7, 11) is 0. The van der Waals surface area contributed by atoms with Gasteiger partial charge in [0.2, 0.25) is 0 Å². The van der Waals surface area contributed by atoms with Crippen molar-refractivity contribution in [2.45, 2.75) is 63.5 Å². The Morgan fingerprint density at radius 3 is 2.36 bits per heavy atom. The number of pyridine rings is 1. The van der Waals surface area contributed by atoms with Crippen molar-refractivity contribution in [3.05, 3.63) is 40.3 Å². The van der Waals surface area contributed by atoms with Crippen molar-refractivity contribution in [1.29, 1.82) is 0 Å². The maximum Gasteiger partial charge on any atom is 0.387 e. The predicted molar refractivity (Wildman–Crippen MR) is 124 cm³/mol. The first kappa shape index (κ1) is 22.2. The van der Waals surface area contributed by atoms with Gasteiger partial charge in [0.1, 0.15) is 11.6 Å². The number of amides is 2. The number of aromatic nitrogens is 4. The topological polar surface area (TPSA) is 96.4 Å². The van der Waals surface area contributed by atoms with E-state index in [0.717, 1.165) is 63.5 Å². The second-order valence-electron chi connectivity index (χ2n) is 12.0. The summed E-state index contributed by atoms with van der Waals surface area (Å²) in [5.41, 5.74) is 0.177. The Morgan fingerprint density at radius 1 is 1.06 bits per heavy atom. The van der Waals surface area contributed by atoms with Crippen LogP contribution in [0.5, 0.6) is 5.75 Å². The first-order chi connectivity index (χ1) is 17.3. The van der Waals surface area contributed by atoms with E-state index in [1.165, 1.54) is 35.7 Å². The van der Waals surface area contributed by atoms with E-state index < -0.39 is 6.61 Å². The van der Waals surface area contributed by atoms with Gasteiger partial charge in [-0.2, -0.15) is 13.9 Å². The molecule has 2 spiro atoms. The summed E-state index contributed by atoms with van der Waals surface area (Å²) in [5, 5.41) is 7.54. The minimum absolute atomic E-state index is 0.00668. The number of aromatic amines is 1. The highest BCUT2D eigenvalue weighted by Crippen LogP contribution is 2.57. The molecule has 4 heterocycles. The molecule has 3 aliphatic carbocycles. The van der Waals surface area contributed by atoms with E-state index in [1.54, 1.807) is 0 Å². The molecule has 1 N–H and O–H groups in total. The number of nitrogens with one attached hydrogen (secondary N) is 1. The standard InChI is InChI=1S/C25H30F2N6O3/c26-22(27)36-18-3-4-19(34)31(10-18)9-15-5-24(6-15)11-32(12-24)23(35)33-13-25(14-33)7-17(8-25)21-28-20(29-30-21)16-1-2-16/h3-4,10,15-17,22H,1-2,5-9,11-14H2,(H,28,29,30). The Hall–Kier alpha value is -2.98. The largest absolute Gasteiger partial charge is 0.433 e. The molecule has 0 unspecified atom stereocenters. The fraction of sp³-hybridized carbons (Fsp3) is 0.680. The van der Waals surface area contributed by atoms with E-state index in [1.807, 2.05) is 9.80 Å². The summed E-state index contributed by atoms with van der Waals surface area (Å²) in [6.45, 7) is 0.750. The molecule has 7 rings (SSSR count). The summed E-state index contributed by atoms with van der Waals surface area (Å²) in [4.78, 5) is 33.7. The van der Waals surface area contributed by atoms with E-state index in [9.17, 15) is 18.4 Å². The zero-order valence-electron chi connectivity index (χ0n) is 20.0. The first-order valence-electron chi connectivity index (χ1n) is 12.9. The number of carbonyl (C=O) groups excluding carboxylic acids is 1. The molecule has 0 bridgehead atoms. The van der Waals surface area contributed by atoms with Crippen LogP contribution in [0.4, 0.5) is 13.6 Å². The van der Waals surface area contributed by atoms with Gasteiger partial charge in [0, 0.05) is 67.7 Å². The van der Waals surface area contributed by atoms with Crippen molar-refractivity contribution in [3.8, 4) is 5.75 Å². The summed E-state index contributed by atoms with van der Waals surface area (Å²) in [6, 6.07) is 2.67. The van der Waals surface area contributed by atoms with Gasteiger partial charge in [-0.1, -0.05) is 0 Å². The van der Waals surface area contributed by atoms with Crippen LogP contribution in [-0.2, 0) is 6.54 Å². The van der Waals surface area contributed by atoms with Gasteiger partial charge < -0.3 is 19.1 Å². The molecule has 2 aliphatic heterocycles. The van der Waals surface area contributed by atoms with Crippen LogP contribution in [0.25, 0.3) is 0 Å². The molecule has 9 nitrogen and oxygen atoms in total. The molecule has 0 atom stereocenters. The van der Waals surface area contributed by atoms with Crippen LogP contribution in [0.15, 0.2) is 23.1 Å². The second kappa shape index (κ2) is 7.76. The zero-order chi connectivity index (χ0) is 24.7. The number of ether oxygens (including phenoxy) is 1. The smallest absolute Gasteiger partial charge is 0.387 e. The van der Waals surface area contributed by atoms with Crippen molar-refractivity contribution in [2.75, 3.05) is 26.2 Å². The zero-order valence-corrected chi connectivity index (χ0v) is 20.0. The van der Waals surface area contributed by atoms with Crippen molar-refractivity contribution in [3.63, 3.8) is 0 Å². The summed E-state index contributed by atoms with van der Waals surface area (Å²) < 4.78 is 30.8. The molecule has 11 heteroatoms. The van der Waals surface area contributed by atoms with E-state index in [0.29, 0.717) is 24.3 Å². The molecule has 3 saturated carbocycles. The number of H-pyrrole nitrogens is 1. The average Bonchev–Trinajstić information content (AvgIpc) is 3.46. The van der Waals surface area contributed by atoms with E-state index in [2.05, 4.69) is 14.9 Å². The lowest BCUT2D eigenvalue weighted by molar-refractivity contribution is -0.103. The average molecular weight is 501 g/mol. The Kier molecular flexibility index (Phi) is 4.79. The molecule has 2 aromatic heterocycles. The molecule has 0 radical (unpaired) electrons. The number of halogens is 2. The number of rotatable bonds is 6. The van der Waals surface area contributed by atoms with Crippen LogP contribution in [0, 0.1) is 16.7 Å². The highest BCUT2D eigenvalue weighted by Gasteiger charge is 2.58. The van der Waals surface area contributed by atoms with Gasteiger partial charge in [-0.3, -0.25) is 9.89 Å². The number of likely N-dealkylation sites (tertiary alicyclic amines) is 2. The van der Waals surface area contributed by atoms with Crippen LogP contribution in [0.3, 0.4) is 0 Å². The molecule has 36 heavy (non-hydrogen) atoms. The Bertz CT molecular complexity index is 1230. The highest BCUT2D eigenvalue weighted by atomic mass is 19.3. The molecule has 192 valence electrons. The third-order valence-corrected chi connectivity index (χ3v) is 8.93. The molecule has 0 aromatic carbocycles. The van der Waals surface area contributed by atoms with Crippen LogP contribution in [0.1, 0.15) is 62.0 Å². The normalized spacial score (nSPS) is 24.4. The van der Waals surface area contributed by atoms with Gasteiger partial charge in [0.05, 0.1) is 0 Å². The predicted octanol–water partition coefficient (Wildman–Crippen LogP) is 3.16. The van der Waals surface area contributed by atoms with Gasteiger partial charge in [-0.05, 0) is 50.5 Å². The van der Waals surface area contributed by atoms with Gasteiger partial charge in [-0.25, -0.2) is 9.78 Å². The molecule has 5 fully saturated rings. The number of alkyl halides is 2. The monoisotopic (exact) mass is 500 g/mol. The van der Waals surface area contributed by atoms with Gasteiger partial charge in [-0.15, -0.1) is 0 Å². The van der Waals surface area contributed by atoms with Crippen molar-refractivity contribution >= 4 is 6.03 Å². The number of nitrogens with zero attached hydrogens (tertiary/aromatic N) is 5. The second-order valence-corrected chi connectivity index (χ2v) is 12.0. The van der Waals surface area contributed by atoms with Gasteiger partial charge >= 0.3 is 12.6 Å². The number of carbonyl (C=O) groups is 1. The van der Waals surface area contributed by atoms with E-state index in [-0.39, 0.29) is 28.2 Å². The molecule has 2 amide bonds. The highest BCUT2D eigenvalue weighted by molar-refractivity contribution is 5.77. The maximum atomic E-state index is 12.9.